The van der Waals surface area contributed by atoms with Crippen LogP contribution in [0.1, 0.15) is 26.3 Å². The van der Waals surface area contributed by atoms with Gasteiger partial charge in [0.05, 0.1) is 26.2 Å². The number of ketones is 1. The number of allylic oxidation sites excluding steroid dienone is 1. The number of rotatable bonds is 3. The van der Waals surface area contributed by atoms with Gasteiger partial charge in [-0.25, -0.2) is 4.79 Å². The molecule has 0 amide bonds. The van der Waals surface area contributed by atoms with Crippen LogP contribution in [0.25, 0.3) is 6.08 Å². The van der Waals surface area contributed by atoms with Gasteiger partial charge in [-0.2, -0.15) is 0 Å². The van der Waals surface area contributed by atoms with E-state index in [1.807, 2.05) is 0 Å². The van der Waals surface area contributed by atoms with Crippen LogP contribution in [0.4, 0.5) is 0 Å². The first-order valence-corrected chi connectivity index (χ1v) is 9.56. The van der Waals surface area contributed by atoms with E-state index in [2.05, 4.69) is 0 Å². The van der Waals surface area contributed by atoms with Gasteiger partial charge in [-0.05, 0) is 42.0 Å². The molecule has 0 fully saturated rings. The zero-order valence-corrected chi connectivity index (χ0v) is 16.9. The third-order valence-corrected chi connectivity index (χ3v) is 5.38. The number of carbonyl (C=O) groups is 2. The smallest absolute Gasteiger partial charge is 0.345 e. The van der Waals surface area contributed by atoms with Gasteiger partial charge in [0.15, 0.2) is 5.76 Å². The van der Waals surface area contributed by atoms with Crippen molar-refractivity contribution in [3.8, 4) is 11.5 Å². The Morgan fingerprint density at radius 2 is 1.69 bits per heavy atom. The Labute approximate surface area is 181 Å². The first-order chi connectivity index (χ1) is 13.9. The SMILES string of the molecule is O=C(Oc1ccc2c(c1)O/C(=C\c1cccc(Cl)c1Cl)C2=O)c1ccccc1Cl. The standard InChI is InChI=1S/C22H11Cl3O4/c23-16-6-2-1-5-14(16)22(27)28-13-8-9-15-18(11-13)29-19(21(15)26)10-12-4-3-7-17(24)20(12)25/h1-11H/b19-10-. The summed E-state index contributed by atoms with van der Waals surface area (Å²) in [6.45, 7) is 0. The zero-order chi connectivity index (χ0) is 20.5. The minimum atomic E-state index is -0.610. The summed E-state index contributed by atoms with van der Waals surface area (Å²) in [5.74, 6) is -0.313. The van der Waals surface area contributed by atoms with Crippen LogP contribution in [0, 0.1) is 0 Å². The maximum atomic E-state index is 12.6. The summed E-state index contributed by atoms with van der Waals surface area (Å²) in [7, 11) is 0. The lowest BCUT2D eigenvalue weighted by molar-refractivity contribution is 0.0734. The predicted molar refractivity (Wildman–Crippen MR) is 112 cm³/mol. The number of fused-ring (bicyclic) bond motifs is 1. The Morgan fingerprint density at radius 3 is 2.48 bits per heavy atom. The van der Waals surface area contributed by atoms with Gasteiger partial charge in [0.1, 0.15) is 11.5 Å². The summed E-state index contributed by atoms with van der Waals surface area (Å²) >= 11 is 18.2. The zero-order valence-electron chi connectivity index (χ0n) is 14.6. The van der Waals surface area contributed by atoms with E-state index in [1.165, 1.54) is 24.3 Å². The molecule has 0 saturated heterocycles. The minimum absolute atomic E-state index is 0.0961. The molecule has 4 rings (SSSR count). The summed E-state index contributed by atoms with van der Waals surface area (Å²) in [6, 6.07) is 16.2. The molecule has 3 aromatic rings. The molecule has 4 nitrogen and oxygen atoms in total. The van der Waals surface area contributed by atoms with E-state index in [-0.39, 0.29) is 33.6 Å². The molecule has 1 heterocycles. The number of hydrogen-bond donors (Lipinski definition) is 0. The Hall–Kier alpha value is -2.79. The van der Waals surface area contributed by atoms with Gasteiger partial charge >= 0.3 is 5.97 Å². The number of hydrogen-bond acceptors (Lipinski definition) is 4. The summed E-state index contributed by atoms with van der Waals surface area (Å²) in [6.07, 6.45) is 1.52. The average molecular weight is 446 g/mol. The van der Waals surface area contributed by atoms with Crippen molar-refractivity contribution in [3.63, 3.8) is 0 Å². The van der Waals surface area contributed by atoms with Crippen molar-refractivity contribution in [2.75, 3.05) is 0 Å². The minimum Gasteiger partial charge on any atom is -0.452 e. The first kappa shape index (κ1) is 19.5. The molecule has 144 valence electrons. The lowest BCUT2D eigenvalue weighted by atomic mass is 10.1. The molecule has 0 spiro atoms. The van der Waals surface area contributed by atoms with Crippen molar-refractivity contribution in [3.05, 3.63) is 98.2 Å². The molecule has 3 aromatic carbocycles. The number of halogens is 3. The Kier molecular flexibility index (Phi) is 5.33. The molecule has 1 aliphatic rings. The second-order valence-electron chi connectivity index (χ2n) is 6.11. The van der Waals surface area contributed by atoms with E-state index < -0.39 is 5.97 Å². The molecule has 0 radical (unpaired) electrons. The van der Waals surface area contributed by atoms with Crippen molar-refractivity contribution in [1.29, 1.82) is 0 Å². The molecule has 0 N–H and O–H groups in total. The number of Topliss-reactive ketones (excluding diaryl/α,β-unsaturated/α-hetero) is 1. The lowest BCUT2D eigenvalue weighted by Crippen LogP contribution is -2.09. The van der Waals surface area contributed by atoms with Gasteiger partial charge in [-0.1, -0.05) is 59.1 Å². The highest BCUT2D eigenvalue weighted by molar-refractivity contribution is 6.43. The van der Waals surface area contributed by atoms with E-state index in [9.17, 15) is 9.59 Å². The van der Waals surface area contributed by atoms with Crippen molar-refractivity contribution in [2.24, 2.45) is 0 Å². The highest BCUT2D eigenvalue weighted by Crippen LogP contribution is 2.36. The second kappa shape index (κ2) is 7.91. The van der Waals surface area contributed by atoms with Gasteiger partial charge < -0.3 is 9.47 Å². The molecular weight excluding hydrogens is 435 g/mol. The number of ether oxygens (including phenoxy) is 2. The van der Waals surface area contributed by atoms with Gasteiger partial charge in [-0.3, -0.25) is 4.79 Å². The molecule has 29 heavy (non-hydrogen) atoms. The van der Waals surface area contributed by atoms with E-state index in [1.54, 1.807) is 42.5 Å². The third-order valence-electron chi connectivity index (χ3n) is 4.21. The maximum absolute atomic E-state index is 12.6. The molecule has 0 aromatic heterocycles. The quantitative estimate of drug-likeness (QED) is 0.263. The van der Waals surface area contributed by atoms with Crippen LogP contribution in [0.3, 0.4) is 0 Å². The number of esters is 1. The molecular formula is C22H11Cl3O4. The highest BCUT2D eigenvalue weighted by atomic mass is 35.5. The first-order valence-electron chi connectivity index (χ1n) is 8.43. The van der Waals surface area contributed by atoms with Gasteiger partial charge in [0.25, 0.3) is 0 Å². The number of benzene rings is 3. The van der Waals surface area contributed by atoms with Crippen LogP contribution >= 0.6 is 34.8 Å². The third kappa shape index (κ3) is 3.87. The largest absolute Gasteiger partial charge is 0.452 e. The van der Waals surface area contributed by atoms with Crippen molar-refractivity contribution in [1.82, 2.24) is 0 Å². The monoisotopic (exact) mass is 444 g/mol. The highest BCUT2D eigenvalue weighted by Gasteiger charge is 2.28. The summed E-state index contributed by atoms with van der Waals surface area (Å²) < 4.78 is 11.0. The van der Waals surface area contributed by atoms with Crippen LogP contribution in [0.2, 0.25) is 15.1 Å². The van der Waals surface area contributed by atoms with Gasteiger partial charge in [0, 0.05) is 6.07 Å². The topological polar surface area (TPSA) is 52.6 Å². The fourth-order valence-corrected chi connectivity index (χ4v) is 3.37. The molecule has 7 heteroatoms. The van der Waals surface area contributed by atoms with Crippen molar-refractivity contribution < 1.29 is 19.1 Å². The second-order valence-corrected chi connectivity index (χ2v) is 7.30. The normalized spacial score (nSPS) is 13.9. The van der Waals surface area contributed by atoms with E-state index in [4.69, 9.17) is 44.3 Å². The fourth-order valence-electron chi connectivity index (χ4n) is 2.79. The van der Waals surface area contributed by atoms with E-state index in [0.29, 0.717) is 21.2 Å². The Balaban J connectivity index is 1.59. The van der Waals surface area contributed by atoms with E-state index >= 15 is 0 Å². The number of carbonyl (C=O) groups excluding carboxylic acids is 2. The van der Waals surface area contributed by atoms with E-state index in [0.717, 1.165) is 0 Å². The fraction of sp³-hybridized carbons (Fsp3) is 0. The maximum Gasteiger partial charge on any atom is 0.345 e. The molecule has 0 unspecified atom stereocenters. The lowest BCUT2D eigenvalue weighted by Gasteiger charge is -2.06. The molecule has 1 aliphatic heterocycles. The van der Waals surface area contributed by atoms with Crippen LogP contribution in [-0.4, -0.2) is 11.8 Å². The van der Waals surface area contributed by atoms with Gasteiger partial charge in [0.2, 0.25) is 5.78 Å². The molecule has 0 bridgehead atoms. The molecule has 0 aliphatic carbocycles. The van der Waals surface area contributed by atoms with Crippen molar-refractivity contribution in [2.45, 2.75) is 0 Å². The van der Waals surface area contributed by atoms with Crippen LogP contribution < -0.4 is 9.47 Å². The van der Waals surface area contributed by atoms with Gasteiger partial charge in [-0.15, -0.1) is 0 Å². The van der Waals surface area contributed by atoms with Crippen LogP contribution in [-0.2, 0) is 0 Å². The molecule has 0 atom stereocenters. The Bertz CT molecular complexity index is 1180. The average Bonchev–Trinajstić information content (AvgIpc) is 3.00. The van der Waals surface area contributed by atoms with Crippen LogP contribution in [0.5, 0.6) is 11.5 Å². The summed E-state index contributed by atoms with van der Waals surface area (Å²) in [5.41, 5.74) is 1.15. The predicted octanol–water partition coefficient (Wildman–Crippen LogP) is 6.48. The molecule has 0 saturated carbocycles. The Morgan fingerprint density at radius 1 is 0.931 bits per heavy atom. The summed E-state index contributed by atoms with van der Waals surface area (Å²) in [5, 5.41) is 0.981. The summed E-state index contributed by atoms with van der Waals surface area (Å²) in [4.78, 5) is 24.9. The van der Waals surface area contributed by atoms with Crippen LogP contribution in [0.15, 0.2) is 66.4 Å². The van der Waals surface area contributed by atoms with Crippen molar-refractivity contribution >= 4 is 52.6 Å².